The average Bonchev–Trinajstić information content (AvgIpc) is 3.08. The number of ketones is 1. The van der Waals surface area contributed by atoms with Crippen LogP contribution in [0.2, 0.25) is 0 Å². The van der Waals surface area contributed by atoms with Crippen molar-refractivity contribution in [2.45, 2.75) is 0 Å². The van der Waals surface area contributed by atoms with Crippen molar-refractivity contribution in [2.75, 3.05) is 38.2 Å². The molecule has 1 N–H and O–H groups in total. The van der Waals surface area contributed by atoms with Crippen LogP contribution < -0.4 is 15.0 Å². The topological polar surface area (TPSA) is 96.0 Å². The second-order valence-corrected chi connectivity index (χ2v) is 7.89. The van der Waals surface area contributed by atoms with Crippen LogP contribution in [0, 0.1) is 0 Å². The minimum Gasteiger partial charge on any atom is -0.497 e. The molecule has 0 aliphatic carbocycles. The summed E-state index contributed by atoms with van der Waals surface area (Å²) in [4.78, 5) is 53.2. The Morgan fingerprint density at radius 2 is 1.39 bits per heavy atom. The second-order valence-electron chi connectivity index (χ2n) is 7.89. The quantitative estimate of drug-likeness (QED) is 0.342. The van der Waals surface area contributed by atoms with Gasteiger partial charge in [0, 0.05) is 42.7 Å². The van der Waals surface area contributed by atoms with Crippen LogP contribution in [0.15, 0.2) is 54.6 Å². The van der Waals surface area contributed by atoms with Crippen molar-refractivity contribution in [2.24, 2.45) is 0 Å². The number of hydrogen-bond acceptors (Lipinski definition) is 6. The maximum Gasteiger partial charge on any atom is 0.299 e. The summed E-state index contributed by atoms with van der Waals surface area (Å²) < 4.78 is 5.13. The SMILES string of the molecule is COc1ccc2c(c1)C(=O)C(=O)N2CCNCCN1C(=O)c2cccc3cccc(c23)C1=O. The molecule has 3 aromatic rings. The van der Waals surface area contributed by atoms with Crippen molar-refractivity contribution in [3.63, 3.8) is 0 Å². The van der Waals surface area contributed by atoms with Gasteiger partial charge < -0.3 is 15.0 Å². The third kappa shape index (κ3) is 3.35. The normalized spacial score (nSPS) is 14.9. The van der Waals surface area contributed by atoms with Gasteiger partial charge in [0.25, 0.3) is 23.5 Å². The van der Waals surface area contributed by atoms with Gasteiger partial charge in [-0.05, 0) is 35.7 Å². The molecule has 0 fully saturated rings. The van der Waals surface area contributed by atoms with Gasteiger partial charge in [0.1, 0.15) is 5.75 Å². The first-order valence-electron chi connectivity index (χ1n) is 10.6. The van der Waals surface area contributed by atoms with Gasteiger partial charge in [0.05, 0.1) is 18.4 Å². The highest BCUT2D eigenvalue weighted by molar-refractivity contribution is 6.52. The molecule has 0 spiro atoms. The number of Topliss-reactive ketones (excluding diaryl/α,β-unsaturated/α-hetero) is 1. The molecule has 0 aromatic heterocycles. The van der Waals surface area contributed by atoms with E-state index in [1.807, 2.05) is 24.3 Å². The molecule has 3 aromatic carbocycles. The smallest absolute Gasteiger partial charge is 0.299 e. The van der Waals surface area contributed by atoms with Crippen molar-refractivity contribution in [3.05, 3.63) is 71.3 Å². The minimum atomic E-state index is -0.578. The molecule has 33 heavy (non-hydrogen) atoms. The van der Waals surface area contributed by atoms with E-state index in [1.165, 1.54) is 16.9 Å². The van der Waals surface area contributed by atoms with E-state index in [4.69, 9.17) is 4.74 Å². The number of fused-ring (bicyclic) bond motifs is 1. The zero-order valence-corrected chi connectivity index (χ0v) is 18.0. The number of amides is 3. The third-order valence-electron chi connectivity index (χ3n) is 6.06. The maximum atomic E-state index is 12.9. The van der Waals surface area contributed by atoms with Crippen LogP contribution in [0.4, 0.5) is 5.69 Å². The number of methoxy groups -OCH3 is 1. The van der Waals surface area contributed by atoms with E-state index in [0.29, 0.717) is 46.6 Å². The van der Waals surface area contributed by atoms with Crippen molar-refractivity contribution >= 4 is 40.0 Å². The van der Waals surface area contributed by atoms with E-state index in [1.54, 1.807) is 30.3 Å². The molecule has 166 valence electrons. The number of ether oxygens (including phenoxy) is 1. The third-order valence-corrected chi connectivity index (χ3v) is 6.06. The number of benzene rings is 3. The van der Waals surface area contributed by atoms with E-state index in [-0.39, 0.29) is 24.9 Å². The lowest BCUT2D eigenvalue weighted by molar-refractivity contribution is -0.114. The summed E-state index contributed by atoms with van der Waals surface area (Å²) in [5.74, 6) is -1.24. The predicted molar refractivity (Wildman–Crippen MR) is 122 cm³/mol. The fourth-order valence-corrected chi connectivity index (χ4v) is 4.42. The molecule has 2 heterocycles. The Kier molecular flexibility index (Phi) is 5.14. The number of carbonyl (C=O) groups excluding carboxylic acids is 4. The maximum absolute atomic E-state index is 12.9. The number of hydrogen-bond donors (Lipinski definition) is 1. The molecule has 0 unspecified atom stereocenters. The van der Waals surface area contributed by atoms with E-state index in [9.17, 15) is 19.2 Å². The van der Waals surface area contributed by atoms with Crippen LogP contribution in [0.1, 0.15) is 31.1 Å². The summed E-state index contributed by atoms with van der Waals surface area (Å²) >= 11 is 0. The molecular formula is C25H21N3O5. The van der Waals surface area contributed by atoms with Crippen LogP contribution in [-0.4, -0.2) is 61.7 Å². The van der Waals surface area contributed by atoms with Crippen molar-refractivity contribution < 1.29 is 23.9 Å². The van der Waals surface area contributed by atoms with Gasteiger partial charge in [-0.2, -0.15) is 0 Å². The average molecular weight is 443 g/mol. The van der Waals surface area contributed by atoms with Gasteiger partial charge in [0.2, 0.25) is 0 Å². The lowest BCUT2D eigenvalue weighted by Gasteiger charge is -2.27. The van der Waals surface area contributed by atoms with E-state index in [0.717, 1.165) is 5.39 Å². The number of imide groups is 1. The van der Waals surface area contributed by atoms with Crippen LogP contribution in [0.25, 0.3) is 10.8 Å². The van der Waals surface area contributed by atoms with Crippen LogP contribution >= 0.6 is 0 Å². The van der Waals surface area contributed by atoms with Crippen molar-refractivity contribution in [1.29, 1.82) is 0 Å². The Morgan fingerprint density at radius 3 is 2.03 bits per heavy atom. The number of rotatable bonds is 7. The zero-order chi connectivity index (χ0) is 23.1. The van der Waals surface area contributed by atoms with Crippen molar-refractivity contribution in [1.82, 2.24) is 10.2 Å². The van der Waals surface area contributed by atoms with Crippen LogP contribution in [0.5, 0.6) is 5.75 Å². The second kappa shape index (κ2) is 8.14. The summed E-state index contributed by atoms with van der Waals surface area (Å²) in [6.45, 7) is 1.24. The molecule has 0 atom stereocenters. The summed E-state index contributed by atoms with van der Waals surface area (Å²) in [6, 6.07) is 15.8. The Labute approximate surface area is 189 Å². The molecule has 3 amide bonds. The van der Waals surface area contributed by atoms with Gasteiger partial charge in [0.15, 0.2) is 0 Å². The lowest BCUT2D eigenvalue weighted by atomic mass is 9.94. The molecule has 5 rings (SSSR count). The van der Waals surface area contributed by atoms with E-state index < -0.39 is 11.7 Å². The van der Waals surface area contributed by atoms with Gasteiger partial charge in [-0.15, -0.1) is 0 Å². The molecule has 8 heteroatoms. The standard InChI is InChI=1S/C25H21N3O5/c1-33-16-8-9-20-19(14-16)22(29)25(32)27(20)12-10-26-11-13-28-23(30)17-6-2-4-15-5-3-7-18(21(15)17)24(28)31/h2-9,14,26H,10-13H2,1H3. The molecule has 8 nitrogen and oxygen atoms in total. The number of nitrogens with one attached hydrogen (secondary N) is 1. The Morgan fingerprint density at radius 1 is 0.758 bits per heavy atom. The first-order valence-corrected chi connectivity index (χ1v) is 10.6. The van der Waals surface area contributed by atoms with Crippen molar-refractivity contribution in [3.8, 4) is 5.75 Å². The fraction of sp³-hybridized carbons (Fsp3) is 0.200. The van der Waals surface area contributed by atoms with E-state index >= 15 is 0 Å². The van der Waals surface area contributed by atoms with Gasteiger partial charge in [-0.25, -0.2) is 0 Å². The van der Waals surface area contributed by atoms with Crippen LogP contribution in [-0.2, 0) is 4.79 Å². The Bertz CT molecular complexity index is 1280. The summed E-state index contributed by atoms with van der Waals surface area (Å²) in [6.07, 6.45) is 0. The number of carbonyl (C=O) groups is 4. The zero-order valence-electron chi connectivity index (χ0n) is 18.0. The largest absolute Gasteiger partial charge is 0.497 e. The molecule has 0 saturated carbocycles. The summed E-state index contributed by atoms with van der Waals surface area (Å²) in [5, 5.41) is 4.73. The predicted octanol–water partition coefficient (Wildman–Crippen LogP) is 2.26. The molecule has 2 aliphatic rings. The fourth-order valence-electron chi connectivity index (χ4n) is 4.42. The molecule has 0 bridgehead atoms. The number of nitrogens with zero attached hydrogens (tertiary/aromatic N) is 2. The first kappa shape index (κ1) is 20.8. The summed E-state index contributed by atoms with van der Waals surface area (Å²) in [7, 11) is 1.50. The van der Waals surface area contributed by atoms with E-state index in [2.05, 4.69) is 5.32 Å². The molecule has 0 radical (unpaired) electrons. The first-order chi connectivity index (χ1) is 16.0. The Balaban J connectivity index is 1.21. The minimum absolute atomic E-state index is 0.197. The number of anilines is 1. The van der Waals surface area contributed by atoms with Gasteiger partial charge in [-0.1, -0.05) is 24.3 Å². The Hall–Kier alpha value is -4.04. The monoisotopic (exact) mass is 443 g/mol. The van der Waals surface area contributed by atoms with Crippen LogP contribution in [0.3, 0.4) is 0 Å². The highest BCUT2D eigenvalue weighted by Gasteiger charge is 2.36. The highest BCUT2D eigenvalue weighted by atomic mass is 16.5. The lowest BCUT2D eigenvalue weighted by Crippen LogP contribution is -2.44. The molecule has 0 saturated heterocycles. The van der Waals surface area contributed by atoms with Gasteiger partial charge in [-0.3, -0.25) is 24.1 Å². The highest BCUT2D eigenvalue weighted by Crippen LogP contribution is 2.32. The molecular weight excluding hydrogens is 422 g/mol. The molecule has 2 aliphatic heterocycles. The van der Waals surface area contributed by atoms with Gasteiger partial charge >= 0.3 is 0 Å². The summed E-state index contributed by atoms with van der Waals surface area (Å²) in [5.41, 5.74) is 1.93.